The third kappa shape index (κ3) is 3.00. The van der Waals surface area contributed by atoms with Crippen LogP contribution in [0.4, 0.5) is 0 Å². The van der Waals surface area contributed by atoms with Crippen molar-refractivity contribution in [3.63, 3.8) is 0 Å². The zero-order valence-corrected chi connectivity index (χ0v) is 14.8. The molecule has 1 aliphatic heterocycles. The molecule has 0 aromatic carbocycles. The fourth-order valence-electron chi connectivity index (χ4n) is 3.18. The summed E-state index contributed by atoms with van der Waals surface area (Å²) >= 11 is 0. The molecule has 0 radical (unpaired) electrons. The van der Waals surface area contributed by atoms with Gasteiger partial charge in [0.05, 0.1) is 11.9 Å². The Morgan fingerprint density at radius 2 is 1.92 bits per heavy atom. The maximum absolute atomic E-state index is 12.2. The summed E-state index contributed by atoms with van der Waals surface area (Å²) < 4.78 is 25.8. The first kappa shape index (κ1) is 16.8. The van der Waals surface area contributed by atoms with E-state index in [1.807, 2.05) is 18.7 Å². The van der Waals surface area contributed by atoms with Gasteiger partial charge in [0.2, 0.25) is 5.91 Å². The lowest BCUT2D eigenvalue weighted by Gasteiger charge is -2.33. The summed E-state index contributed by atoms with van der Waals surface area (Å²) in [5.41, 5.74) is 0.622. The van der Waals surface area contributed by atoms with Crippen LogP contribution in [0.2, 0.25) is 0 Å². The van der Waals surface area contributed by atoms with Gasteiger partial charge in [0.25, 0.3) is 5.78 Å². The number of sulfone groups is 1. The molecular formula is C15H21N5O3S. The van der Waals surface area contributed by atoms with Crippen LogP contribution in [0.5, 0.6) is 0 Å². The topological polar surface area (TPSA) is 97.5 Å². The first-order valence-electron chi connectivity index (χ1n) is 7.96. The quantitative estimate of drug-likeness (QED) is 0.814. The molecule has 0 unspecified atom stereocenters. The van der Waals surface area contributed by atoms with Gasteiger partial charge in [-0.1, -0.05) is 13.8 Å². The number of hydrogen-bond donors (Lipinski definition) is 0. The number of piperidine rings is 1. The van der Waals surface area contributed by atoms with Crippen molar-refractivity contribution in [3.05, 3.63) is 18.2 Å². The molecule has 1 aliphatic rings. The van der Waals surface area contributed by atoms with Gasteiger partial charge in [0.15, 0.2) is 9.84 Å². The number of fused-ring (bicyclic) bond motifs is 1. The molecule has 1 fully saturated rings. The molecule has 8 nitrogen and oxygen atoms in total. The van der Waals surface area contributed by atoms with Gasteiger partial charge in [-0.3, -0.25) is 4.79 Å². The molecule has 3 heterocycles. The van der Waals surface area contributed by atoms with Crippen LogP contribution in [0.3, 0.4) is 0 Å². The van der Waals surface area contributed by atoms with Gasteiger partial charge < -0.3 is 4.90 Å². The minimum atomic E-state index is -3.43. The zero-order valence-electron chi connectivity index (χ0n) is 14.0. The Bertz CT molecular complexity index is 866. The first-order valence-corrected chi connectivity index (χ1v) is 9.85. The van der Waals surface area contributed by atoms with Crippen molar-refractivity contribution in [1.29, 1.82) is 0 Å². The molecule has 2 aromatic rings. The summed E-state index contributed by atoms with van der Waals surface area (Å²) in [5, 5.41) is 4.15. The molecule has 24 heavy (non-hydrogen) atoms. The van der Waals surface area contributed by atoms with Gasteiger partial charge in [0, 0.05) is 31.2 Å². The molecule has 0 bridgehead atoms. The van der Waals surface area contributed by atoms with Gasteiger partial charge in [0.1, 0.15) is 11.2 Å². The predicted octanol–water partition coefficient (Wildman–Crippen LogP) is 0.890. The van der Waals surface area contributed by atoms with Gasteiger partial charge in [-0.25, -0.2) is 13.4 Å². The molecule has 130 valence electrons. The van der Waals surface area contributed by atoms with Gasteiger partial charge in [-0.05, 0) is 12.8 Å². The Morgan fingerprint density at radius 3 is 2.50 bits per heavy atom. The smallest absolute Gasteiger partial charge is 0.252 e. The Balaban J connectivity index is 1.96. The maximum Gasteiger partial charge on any atom is 0.252 e. The molecule has 0 aliphatic carbocycles. The number of nitrogens with zero attached hydrogens (tertiary/aromatic N) is 5. The van der Waals surface area contributed by atoms with Crippen molar-refractivity contribution >= 4 is 21.5 Å². The second-order valence-electron chi connectivity index (χ2n) is 6.51. The molecule has 0 saturated carbocycles. The lowest BCUT2D eigenvalue weighted by Crippen LogP contribution is -2.40. The van der Waals surface area contributed by atoms with Crippen LogP contribution in [-0.2, 0) is 14.6 Å². The van der Waals surface area contributed by atoms with Gasteiger partial charge in [-0.15, -0.1) is 0 Å². The van der Waals surface area contributed by atoms with Crippen LogP contribution >= 0.6 is 0 Å². The average molecular weight is 351 g/mol. The highest BCUT2D eigenvalue weighted by Gasteiger charge is 2.30. The number of carbonyl (C=O) groups is 1. The minimum absolute atomic E-state index is 0.00172. The number of carbonyl (C=O) groups excluding carboxylic acids is 1. The SMILES string of the molecule is CC(C)C(=O)N1CCC(c2c(S(C)(=O)=O)cnc3ncnn23)CC1. The second kappa shape index (κ2) is 6.12. The number of rotatable bonds is 3. The Hall–Kier alpha value is -2.03. The number of aromatic nitrogens is 4. The highest BCUT2D eigenvalue weighted by Crippen LogP contribution is 2.32. The van der Waals surface area contributed by atoms with E-state index in [-0.39, 0.29) is 22.6 Å². The normalized spacial score (nSPS) is 16.9. The minimum Gasteiger partial charge on any atom is -0.342 e. The lowest BCUT2D eigenvalue weighted by atomic mass is 9.92. The van der Waals surface area contributed by atoms with E-state index in [1.165, 1.54) is 23.3 Å². The summed E-state index contributed by atoms with van der Waals surface area (Å²) in [6.45, 7) is 5.00. The largest absolute Gasteiger partial charge is 0.342 e. The summed E-state index contributed by atoms with van der Waals surface area (Å²) in [7, 11) is -3.43. The Kier molecular flexibility index (Phi) is 4.29. The van der Waals surface area contributed by atoms with E-state index in [0.717, 1.165) is 0 Å². The molecule has 0 spiro atoms. The van der Waals surface area contributed by atoms with E-state index in [4.69, 9.17) is 0 Å². The third-order valence-corrected chi connectivity index (χ3v) is 5.51. The summed E-state index contributed by atoms with van der Waals surface area (Å²) in [6, 6.07) is 0. The van der Waals surface area contributed by atoms with Gasteiger partial charge in [-0.2, -0.15) is 14.6 Å². The van der Waals surface area contributed by atoms with Crippen LogP contribution < -0.4 is 0 Å². The number of amides is 1. The Labute approximate surface area is 140 Å². The van der Waals surface area contributed by atoms with Crippen LogP contribution in [-0.4, -0.2) is 58.2 Å². The van der Waals surface area contributed by atoms with Crippen molar-refractivity contribution in [2.24, 2.45) is 5.92 Å². The Morgan fingerprint density at radius 1 is 1.25 bits per heavy atom. The average Bonchev–Trinajstić information content (AvgIpc) is 3.01. The maximum atomic E-state index is 12.2. The highest BCUT2D eigenvalue weighted by atomic mass is 32.2. The standard InChI is InChI=1S/C15H21N5O3S/c1-10(2)14(21)19-6-4-11(5-7-19)13-12(24(3,22)23)8-16-15-17-9-18-20(13)15/h8-11H,4-7H2,1-3H3. The molecule has 0 atom stereocenters. The van der Waals surface area contributed by atoms with Crippen LogP contribution in [0.1, 0.15) is 38.3 Å². The third-order valence-electron chi connectivity index (χ3n) is 4.39. The van der Waals surface area contributed by atoms with Gasteiger partial charge >= 0.3 is 0 Å². The monoisotopic (exact) mass is 351 g/mol. The fraction of sp³-hybridized carbons (Fsp3) is 0.600. The van der Waals surface area contributed by atoms with Crippen molar-refractivity contribution in [2.75, 3.05) is 19.3 Å². The van der Waals surface area contributed by atoms with Crippen molar-refractivity contribution < 1.29 is 13.2 Å². The number of likely N-dealkylation sites (tertiary alicyclic amines) is 1. The first-order chi connectivity index (χ1) is 11.3. The van der Waals surface area contributed by atoms with E-state index in [1.54, 1.807) is 0 Å². The van der Waals surface area contributed by atoms with Crippen molar-refractivity contribution in [2.45, 2.75) is 37.5 Å². The number of hydrogen-bond acceptors (Lipinski definition) is 6. The van der Waals surface area contributed by atoms with Crippen LogP contribution in [0, 0.1) is 5.92 Å². The zero-order chi connectivity index (χ0) is 17.5. The summed E-state index contributed by atoms with van der Waals surface area (Å²) in [6.07, 6.45) is 5.29. The summed E-state index contributed by atoms with van der Waals surface area (Å²) in [5.74, 6) is 0.490. The van der Waals surface area contributed by atoms with Crippen LogP contribution in [0.15, 0.2) is 17.4 Å². The van der Waals surface area contributed by atoms with E-state index in [2.05, 4.69) is 15.1 Å². The lowest BCUT2D eigenvalue weighted by molar-refractivity contribution is -0.135. The van der Waals surface area contributed by atoms with E-state index in [0.29, 0.717) is 37.4 Å². The fourth-order valence-corrected chi connectivity index (χ4v) is 4.06. The van der Waals surface area contributed by atoms with E-state index in [9.17, 15) is 13.2 Å². The van der Waals surface area contributed by atoms with E-state index < -0.39 is 9.84 Å². The summed E-state index contributed by atoms with van der Waals surface area (Å²) in [4.78, 5) is 22.3. The van der Waals surface area contributed by atoms with Crippen molar-refractivity contribution in [1.82, 2.24) is 24.5 Å². The van der Waals surface area contributed by atoms with Crippen molar-refractivity contribution in [3.8, 4) is 0 Å². The van der Waals surface area contributed by atoms with Crippen LogP contribution in [0.25, 0.3) is 5.78 Å². The molecule has 3 rings (SSSR count). The second-order valence-corrected chi connectivity index (χ2v) is 8.49. The molecule has 2 aromatic heterocycles. The molecular weight excluding hydrogens is 330 g/mol. The molecule has 9 heteroatoms. The van der Waals surface area contributed by atoms with E-state index >= 15 is 0 Å². The molecule has 0 N–H and O–H groups in total. The predicted molar refractivity (Wildman–Crippen MR) is 87.3 cm³/mol. The molecule has 1 saturated heterocycles. The molecule has 1 amide bonds. The highest BCUT2D eigenvalue weighted by molar-refractivity contribution is 7.90.